The zero-order chi connectivity index (χ0) is 20.0. The zero-order valence-corrected chi connectivity index (χ0v) is 16.5. The van der Waals surface area contributed by atoms with Gasteiger partial charge in [-0.2, -0.15) is 5.10 Å². The molecule has 1 unspecified atom stereocenters. The van der Waals surface area contributed by atoms with E-state index in [-0.39, 0.29) is 0 Å². The molecule has 1 saturated carbocycles. The van der Waals surface area contributed by atoms with Crippen molar-refractivity contribution >= 4 is 16.7 Å². The molecule has 1 aromatic carbocycles. The van der Waals surface area contributed by atoms with Gasteiger partial charge in [0.05, 0.1) is 11.7 Å². The SMILES string of the molecule is [C-]#[N+]c1ccc(-c2cnn(CC3CC3(C)C)c2)c(-c2ccc3cccnc3c2)n1. The predicted octanol–water partition coefficient (Wildman–Crippen LogP) is 5.76. The van der Waals surface area contributed by atoms with Crippen molar-refractivity contribution in [2.45, 2.75) is 26.8 Å². The Balaban J connectivity index is 1.57. The fourth-order valence-electron chi connectivity index (χ4n) is 3.89. The Hall–Kier alpha value is -3.52. The van der Waals surface area contributed by atoms with Crippen LogP contribution in [0.15, 0.2) is 61.1 Å². The van der Waals surface area contributed by atoms with E-state index in [4.69, 9.17) is 6.57 Å². The minimum absolute atomic E-state index is 0.386. The Morgan fingerprint density at radius 3 is 2.83 bits per heavy atom. The van der Waals surface area contributed by atoms with Gasteiger partial charge in [-0.1, -0.05) is 38.6 Å². The maximum atomic E-state index is 7.37. The first kappa shape index (κ1) is 17.6. The molecule has 0 spiro atoms. The van der Waals surface area contributed by atoms with E-state index in [0.717, 1.165) is 39.8 Å². The van der Waals surface area contributed by atoms with Crippen LogP contribution in [-0.2, 0) is 6.54 Å². The van der Waals surface area contributed by atoms with Crippen molar-refractivity contribution in [2.24, 2.45) is 11.3 Å². The number of hydrogen-bond donors (Lipinski definition) is 0. The molecule has 0 bridgehead atoms. The third kappa shape index (κ3) is 3.27. The van der Waals surface area contributed by atoms with Crippen molar-refractivity contribution in [3.8, 4) is 22.4 Å². The number of rotatable bonds is 4. The third-order valence-corrected chi connectivity index (χ3v) is 5.94. The minimum atomic E-state index is 0.386. The fourth-order valence-corrected chi connectivity index (χ4v) is 3.89. The first-order valence-corrected chi connectivity index (χ1v) is 9.80. The molecule has 1 fully saturated rings. The summed E-state index contributed by atoms with van der Waals surface area (Å²) in [6, 6.07) is 13.8. The molecule has 3 heterocycles. The van der Waals surface area contributed by atoms with Crippen molar-refractivity contribution in [3.63, 3.8) is 0 Å². The van der Waals surface area contributed by atoms with Gasteiger partial charge in [-0.25, -0.2) is 0 Å². The summed E-state index contributed by atoms with van der Waals surface area (Å²) in [6.07, 6.45) is 7.02. The molecule has 5 nitrogen and oxygen atoms in total. The summed E-state index contributed by atoms with van der Waals surface area (Å²) in [4.78, 5) is 12.6. The van der Waals surface area contributed by atoms with E-state index in [1.807, 2.05) is 47.3 Å². The van der Waals surface area contributed by atoms with Crippen LogP contribution in [0.3, 0.4) is 0 Å². The molecule has 0 N–H and O–H groups in total. The molecular formula is C24H21N5. The highest BCUT2D eigenvalue weighted by atomic mass is 15.3. The van der Waals surface area contributed by atoms with E-state index < -0.39 is 0 Å². The Morgan fingerprint density at radius 2 is 2.03 bits per heavy atom. The first-order chi connectivity index (χ1) is 14.0. The Labute approximate surface area is 169 Å². The van der Waals surface area contributed by atoms with Gasteiger partial charge in [0.2, 0.25) is 0 Å². The summed E-state index contributed by atoms with van der Waals surface area (Å²) in [5.74, 6) is 1.07. The van der Waals surface area contributed by atoms with Crippen molar-refractivity contribution in [1.29, 1.82) is 0 Å². The van der Waals surface area contributed by atoms with Gasteiger partial charge in [0, 0.05) is 41.0 Å². The lowest BCUT2D eigenvalue weighted by Crippen LogP contribution is -2.03. The molecule has 1 aliphatic rings. The van der Waals surface area contributed by atoms with Gasteiger partial charge in [0.15, 0.2) is 5.69 Å². The highest BCUT2D eigenvalue weighted by Crippen LogP contribution is 2.52. The summed E-state index contributed by atoms with van der Waals surface area (Å²) in [6.45, 7) is 12.9. The van der Waals surface area contributed by atoms with Crippen LogP contribution in [0.2, 0.25) is 0 Å². The summed E-state index contributed by atoms with van der Waals surface area (Å²) in [7, 11) is 0. The topological polar surface area (TPSA) is 48.0 Å². The van der Waals surface area contributed by atoms with E-state index in [1.54, 1.807) is 12.3 Å². The molecule has 0 aliphatic heterocycles. The Bertz CT molecular complexity index is 1260. The van der Waals surface area contributed by atoms with E-state index in [0.29, 0.717) is 17.2 Å². The second-order valence-corrected chi connectivity index (χ2v) is 8.43. The van der Waals surface area contributed by atoms with E-state index >= 15 is 0 Å². The molecule has 142 valence electrons. The standard InChI is InChI=1S/C24H21N5/c1-24(2)12-19(24)15-29-14-18(13-27-29)20-8-9-22(25-3)28-23(20)17-7-6-16-5-4-10-26-21(16)11-17/h4-11,13-14,19H,12,15H2,1-2H3. The van der Waals surface area contributed by atoms with Crippen LogP contribution in [0.5, 0.6) is 0 Å². The van der Waals surface area contributed by atoms with Crippen molar-refractivity contribution < 1.29 is 0 Å². The van der Waals surface area contributed by atoms with Crippen LogP contribution in [0.4, 0.5) is 5.82 Å². The minimum Gasteiger partial charge on any atom is -0.361 e. The van der Waals surface area contributed by atoms with E-state index in [9.17, 15) is 0 Å². The molecule has 3 aromatic heterocycles. The molecule has 0 amide bonds. The average Bonchev–Trinajstić information content (AvgIpc) is 3.12. The summed E-state index contributed by atoms with van der Waals surface area (Å²) >= 11 is 0. The first-order valence-electron chi connectivity index (χ1n) is 9.80. The lowest BCUT2D eigenvalue weighted by atomic mass is 10.0. The number of aromatic nitrogens is 4. The molecule has 5 rings (SSSR count). The van der Waals surface area contributed by atoms with Crippen LogP contribution in [0, 0.1) is 17.9 Å². The van der Waals surface area contributed by atoms with E-state index in [2.05, 4.69) is 40.0 Å². The molecule has 29 heavy (non-hydrogen) atoms. The van der Waals surface area contributed by atoms with Crippen LogP contribution >= 0.6 is 0 Å². The van der Waals surface area contributed by atoms with Crippen LogP contribution in [0.1, 0.15) is 20.3 Å². The number of pyridine rings is 2. The van der Waals surface area contributed by atoms with Gasteiger partial charge >= 0.3 is 0 Å². The molecule has 5 heteroatoms. The molecule has 0 saturated heterocycles. The third-order valence-electron chi connectivity index (χ3n) is 5.94. The van der Waals surface area contributed by atoms with Gasteiger partial charge in [-0.15, -0.1) is 4.98 Å². The van der Waals surface area contributed by atoms with Gasteiger partial charge < -0.3 is 4.85 Å². The molecule has 4 aromatic rings. The van der Waals surface area contributed by atoms with Crippen LogP contribution in [-0.4, -0.2) is 19.7 Å². The highest BCUT2D eigenvalue weighted by Gasteiger charge is 2.45. The van der Waals surface area contributed by atoms with Crippen molar-refractivity contribution in [1.82, 2.24) is 19.7 Å². The predicted molar refractivity (Wildman–Crippen MR) is 114 cm³/mol. The highest BCUT2D eigenvalue weighted by molar-refractivity contribution is 5.88. The number of benzene rings is 1. The smallest absolute Gasteiger partial charge is 0.270 e. The van der Waals surface area contributed by atoms with Gasteiger partial charge in [0.25, 0.3) is 5.82 Å². The molecule has 1 atom stereocenters. The number of nitrogens with zero attached hydrogens (tertiary/aromatic N) is 5. The summed E-state index contributed by atoms with van der Waals surface area (Å²) in [5, 5.41) is 5.66. The fraction of sp³-hybridized carbons (Fsp3) is 0.250. The van der Waals surface area contributed by atoms with Gasteiger partial charge in [-0.3, -0.25) is 9.67 Å². The van der Waals surface area contributed by atoms with Crippen molar-refractivity contribution in [2.75, 3.05) is 0 Å². The second kappa shape index (κ2) is 6.52. The molecule has 1 aliphatic carbocycles. The number of hydrogen-bond acceptors (Lipinski definition) is 3. The summed E-state index contributed by atoms with van der Waals surface area (Å²) < 4.78 is 2.03. The lowest BCUT2D eigenvalue weighted by molar-refractivity contribution is 0.472. The molecule has 0 radical (unpaired) electrons. The van der Waals surface area contributed by atoms with Crippen LogP contribution < -0.4 is 0 Å². The largest absolute Gasteiger partial charge is 0.361 e. The monoisotopic (exact) mass is 379 g/mol. The van der Waals surface area contributed by atoms with E-state index in [1.165, 1.54) is 6.42 Å². The van der Waals surface area contributed by atoms with Crippen molar-refractivity contribution in [3.05, 3.63) is 72.5 Å². The lowest BCUT2D eigenvalue weighted by Gasteiger charge is -2.06. The maximum absolute atomic E-state index is 7.37. The Kier molecular flexibility index (Phi) is 3.95. The average molecular weight is 379 g/mol. The maximum Gasteiger partial charge on any atom is 0.270 e. The number of fused-ring (bicyclic) bond motifs is 1. The second-order valence-electron chi connectivity index (χ2n) is 8.43. The normalized spacial score (nSPS) is 17.2. The zero-order valence-electron chi connectivity index (χ0n) is 16.5. The quantitative estimate of drug-likeness (QED) is 0.424. The molecular weight excluding hydrogens is 358 g/mol. The summed E-state index contributed by atoms with van der Waals surface area (Å²) in [5.41, 5.74) is 5.08. The Morgan fingerprint density at radius 1 is 1.17 bits per heavy atom. The van der Waals surface area contributed by atoms with Gasteiger partial charge in [0.1, 0.15) is 0 Å². The van der Waals surface area contributed by atoms with Gasteiger partial charge in [-0.05, 0) is 42.0 Å². The van der Waals surface area contributed by atoms with Crippen LogP contribution in [0.25, 0.3) is 38.1 Å².